The number of aromatic nitrogens is 2. The minimum Gasteiger partial charge on any atom is -0.384 e. The fourth-order valence-corrected chi connectivity index (χ4v) is 4.67. The summed E-state index contributed by atoms with van der Waals surface area (Å²) in [6.45, 7) is 1.72. The monoisotopic (exact) mass is 427 g/mol. The predicted molar refractivity (Wildman–Crippen MR) is 122 cm³/mol. The van der Waals surface area contributed by atoms with E-state index in [0.717, 1.165) is 40.8 Å². The van der Waals surface area contributed by atoms with Gasteiger partial charge in [0.2, 0.25) is 0 Å². The summed E-state index contributed by atoms with van der Waals surface area (Å²) in [5, 5.41) is 20.9. The summed E-state index contributed by atoms with van der Waals surface area (Å²) < 4.78 is 13.6. The molecule has 0 aliphatic carbocycles. The molecule has 3 N–H and O–H groups in total. The first-order valence-corrected chi connectivity index (χ1v) is 10.6. The standard InChI is InChI=1S/C25H22FN5O/c1-31-23(25-28-20-10-17-12-27-13-18(17)11-21(20)29-25)24(32)22(30-31)15-7-5-14(6-8-15)16-3-2-4-19(26)9-16/h2-11,23-24,27,32H,12-13H2,1H3,(H,28,29). The van der Waals surface area contributed by atoms with E-state index >= 15 is 0 Å². The lowest BCUT2D eigenvalue weighted by Crippen LogP contribution is -2.29. The second kappa shape index (κ2) is 7.25. The zero-order valence-corrected chi connectivity index (χ0v) is 17.5. The van der Waals surface area contributed by atoms with Gasteiger partial charge in [0.1, 0.15) is 23.8 Å². The minimum absolute atomic E-state index is 0.265. The Kier molecular flexibility index (Phi) is 4.34. The number of fused-ring (bicyclic) bond motifs is 2. The van der Waals surface area contributed by atoms with Crippen molar-refractivity contribution in [2.45, 2.75) is 25.2 Å². The van der Waals surface area contributed by atoms with Gasteiger partial charge in [-0.05, 0) is 46.5 Å². The number of aliphatic hydroxyl groups is 1. The van der Waals surface area contributed by atoms with E-state index in [0.29, 0.717) is 11.5 Å². The Morgan fingerprint density at radius 2 is 1.72 bits per heavy atom. The molecule has 2 aliphatic rings. The van der Waals surface area contributed by atoms with Crippen molar-refractivity contribution in [3.05, 3.63) is 89.0 Å². The molecule has 32 heavy (non-hydrogen) atoms. The molecule has 0 saturated heterocycles. The van der Waals surface area contributed by atoms with Crippen LogP contribution in [0.1, 0.15) is 28.6 Å². The van der Waals surface area contributed by atoms with Crippen LogP contribution in [0.3, 0.4) is 0 Å². The molecule has 160 valence electrons. The van der Waals surface area contributed by atoms with E-state index in [1.807, 2.05) is 37.4 Å². The highest BCUT2D eigenvalue weighted by molar-refractivity contribution is 6.05. The fraction of sp³-hybridized carbons (Fsp3) is 0.200. The van der Waals surface area contributed by atoms with E-state index in [4.69, 9.17) is 4.98 Å². The Morgan fingerprint density at radius 3 is 2.50 bits per heavy atom. The van der Waals surface area contributed by atoms with Crippen LogP contribution in [0.4, 0.5) is 4.39 Å². The van der Waals surface area contributed by atoms with Gasteiger partial charge in [0.25, 0.3) is 0 Å². The molecule has 0 bridgehead atoms. The number of nitrogens with one attached hydrogen (secondary N) is 2. The average molecular weight is 427 g/mol. The highest BCUT2D eigenvalue weighted by atomic mass is 19.1. The van der Waals surface area contributed by atoms with Crippen LogP contribution in [-0.4, -0.2) is 38.9 Å². The highest BCUT2D eigenvalue weighted by Crippen LogP contribution is 2.33. The summed E-state index contributed by atoms with van der Waals surface area (Å²) in [6, 6.07) is 18.0. The quantitative estimate of drug-likeness (QED) is 0.466. The molecule has 3 heterocycles. The SMILES string of the molecule is CN1N=C(c2ccc(-c3cccc(F)c3)cc2)C(O)C1c1nc2cc3c(cc2[nH]1)CNC3. The first-order chi connectivity index (χ1) is 15.6. The molecule has 0 radical (unpaired) electrons. The van der Waals surface area contributed by atoms with Gasteiger partial charge in [0.15, 0.2) is 0 Å². The number of likely N-dealkylation sites (N-methyl/N-ethyl adjacent to an activating group) is 1. The topological polar surface area (TPSA) is 76.5 Å². The molecule has 6 rings (SSSR count). The Balaban J connectivity index is 1.29. The van der Waals surface area contributed by atoms with Crippen molar-refractivity contribution in [2.24, 2.45) is 5.10 Å². The molecule has 0 amide bonds. The molecule has 2 atom stereocenters. The molecule has 2 unspecified atom stereocenters. The Bertz CT molecular complexity index is 1320. The minimum atomic E-state index is -0.825. The van der Waals surface area contributed by atoms with Crippen LogP contribution < -0.4 is 5.32 Å². The molecular formula is C25H22FN5O. The summed E-state index contributed by atoms with van der Waals surface area (Å²) in [5.41, 5.74) is 7.56. The number of halogens is 1. The molecule has 0 fully saturated rings. The number of rotatable bonds is 3. The number of hydrogen-bond acceptors (Lipinski definition) is 5. The number of aromatic amines is 1. The Hall–Kier alpha value is -3.55. The number of hydrazone groups is 1. The molecule has 3 aromatic carbocycles. The third-order valence-electron chi connectivity index (χ3n) is 6.32. The van der Waals surface area contributed by atoms with E-state index in [1.54, 1.807) is 11.1 Å². The van der Waals surface area contributed by atoms with Crippen molar-refractivity contribution in [1.82, 2.24) is 20.3 Å². The molecule has 7 heteroatoms. The molecule has 6 nitrogen and oxygen atoms in total. The highest BCUT2D eigenvalue weighted by Gasteiger charge is 2.38. The van der Waals surface area contributed by atoms with Gasteiger partial charge < -0.3 is 15.4 Å². The summed E-state index contributed by atoms with van der Waals surface area (Å²) in [5.74, 6) is 0.431. The van der Waals surface area contributed by atoms with Crippen LogP contribution in [0.2, 0.25) is 0 Å². The molecular weight excluding hydrogens is 405 g/mol. The van der Waals surface area contributed by atoms with Crippen molar-refractivity contribution >= 4 is 16.7 Å². The van der Waals surface area contributed by atoms with Gasteiger partial charge in [-0.3, -0.25) is 5.01 Å². The van der Waals surface area contributed by atoms with Gasteiger partial charge in [-0.25, -0.2) is 9.37 Å². The van der Waals surface area contributed by atoms with Crippen LogP contribution in [0, 0.1) is 5.82 Å². The van der Waals surface area contributed by atoms with Gasteiger partial charge in [-0.2, -0.15) is 5.10 Å². The molecule has 4 aromatic rings. The summed E-state index contributed by atoms with van der Waals surface area (Å²) in [4.78, 5) is 8.16. The Morgan fingerprint density at radius 1 is 0.969 bits per heavy atom. The van der Waals surface area contributed by atoms with Gasteiger partial charge in [-0.1, -0.05) is 36.4 Å². The van der Waals surface area contributed by atoms with Crippen LogP contribution in [0.15, 0.2) is 65.8 Å². The van der Waals surface area contributed by atoms with Gasteiger partial charge in [0, 0.05) is 25.7 Å². The molecule has 0 saturated carbocycles. The van der Waals surface area contributed by atoms with Crippen LogP contribution in [0.25, 0.3) is 22.2 Å². The fourth-order valence-electron chi connectivity index (χ4n) is 4.67. The third kappa shape index (κ3) is 3.09. The number of aliphatic hydroxyl groups excluding tert-OH is 1. The Labute approximate surface area is 184 Å². The number of imidazole rings is 1. The zero-order chi connectivity index (χ0) is 21.8. The van der Waals surface area contributed by atoms with Crippen LogP contribution >= 0.6 is 0 Å². The normalized spacial score (nSPS) is 20.1. The van der Waals surface area contributed by atoms with Gasteiger partial charge in [-0.15, -0.1) is 0 Å². The third-order valence-corrected chi connectivity index (χ3v) is 6.32. The number of hydrogen-bond donors (Lipinski definition) is 3. The maximum absolute atomic E-state index is 13.6. The summed E-state index contributed by atoms with van der Waals surface area (Å²) in [7, 11) is 1.85. The zero-order valence-electron chi connectivity index (χ0n) is 17.5. The van der Waals surface area contributed by atoms with Crippen molar-refractivity contribution in [3.63, 3.8) is 0 Å². The van der Waals surface area contributed by atoms with Crippen LogP contribution in [-0.2, 0) is 13.1 Å². The predicted octanol–water partition coefficient (Wildman–Crippen LogP) is 3.72. The lowest BCUT2D eigenvalue weighted by molar-refractivity contribution is 0.134. The smallest absolute Gasteiger partial charge is 0.136 e. The summed E-state index contributed by atoms with van der Waals surface area (Å²) >= 11 is 0. The van der Waals surface area contributed by atoms with Crippen molar-refractivity contribution in [2.75, 3.05) is 7.05 Å². The van der Waals surface area contributed by atoms with E-state index in [9.17, 15) is 9.50 Å². The maximum Gasteiger partial charge on any atom is 0.136 e. The second-order valence-electron chi connectivity index (χ2n) is 8.40. The lowest BCUT2D eigenvalue weighted by atomic mass is 9.98. The summed E-state index contributed by atoms with van der Waals surface area (Å²) in [6.07, 6.45) is -0.825. The van der Waals surface area contributed by atoms with E-state index in [-0.39, 0.29) is 5.82 Å². The van der Waals surface area contributed by atoms with Crippen molar-refractivity contribution in [3.8, 4) is 11.1 Å². The van der Waals surface area contributed by atoms with E-state index in [2.05, 4.69) is 27.5 Å². The average Bonchev–Trinajstić information content (AvgIpc) is 3.48. The lowest BCUT2D eigenvalue weighted by Gasteiger charge is -2.19. The van der Waals surface area contributed by atoms with E-state index < -0.39 is 12.1 Å². The molecule has 1 aromatic heterocycles. The number of H-pyrrole nitrogens is 1. The molecule has 2 aliphatic heterocycles. The number of nitrogens with zero attached hydrogens (tertiary/aromatic N) is 3. The molecule has 0 spiro atoms. The second-order valence-corrected chi connectivity index (χ2v) is 8.40. The van der Waals surface area contributed by atoms with Crippen molar-refractivity contribution in [1.29, 1.82) is 0 Å². The number of benzene rings is 3. The van der Waals surface area contributed by atoms with Gasteiger partial charge >= 0.3 is 0 Å². The van der Waals surface area contributed by atoms with Crippen molar-refractivity contribution < 1.29 is 9.50 Å². The maximum atomic E-state index is 13.6. The van der Waals surface area contributed by atoms with E-state index in [1.165, 1.54) is 23.3 Å². The van der Waals surface area contributed by atoms with Crippen LogP contribution in [0.5, 0.6) is 0 Å². The first kappa shape index (κ1) is 19.2. The first-order valence-electron chi connectivity index (χ1n) is 10.6. The largest absolute Gasteiger partial charge is 0.384 e. The van der Waals surface area contributed by atoms with Gasteiger partial charge in [0.05, 0.1) is 16.7 Å².